The van der Waals surface area contributed by atoms with Gasteiger partial charge in [-0.05, 0) is 17.7 Å². The van der Waals surface area contributed by atoms with Crippen LogP contribution in [0.5, 0.6) is 0 Å². The molecule has 19 heavy (non-hydrogen) atoms. The minimum atomic E-state index is -1.12. The summed E-state index contributed by atoms with van der Waals surface area (Å²) in [5, 5.41) is -1.12. The largest absolute Gasteiger partial charge is 0.292 e. The monoisotopic (exact) mass is 344 g/mol. The maximum Gasteiger partial charge on any atom is 0.191 e. The number of carbonyl (C=O) groups is 1. The molecule has 0 saturated carbocycles. The lowest BCUT2D eigenvalue weighted by Crippen LogP contribution is -2.12. The summed E-state index contributed by atoms with van der Waals surface area (Å²) < 4.78 is 27.6. The van der Waals surface area contributed by atoms with Gasteiger partial charge in [0.15, 0.2) is 5.78 Å². The smallest absolute Gasteiger partial charge is 0.191 e. The molecule has 0 radical (unpaired) electrons. The van der Waals surface area contributed by atoms with E-state index in [9.17, 15) is 13.6 Å². The molecule has 2 aromatic rings. The van der Waals surface area contributed by atoms with Crippen molar-refractivity contribution >= 4 is 33.3 Å². The van der Waals surface area contributed by atoms with Gasteiger partial charge in [0, 0.05) is 4.47 Å². The van der Waals surface area contributed by atoms with Crippen molar-refractivity contribution in [3.05, 3.63) is 69.7 Å². The van der Waals surface area contributed by atoms with Gasteiger partial charge in [0.05, 0.1) is 5.56 Å². The van der Waals surface area contributed by atoms with Crippen LogP contribution in [0.4, 0.5) is 8.78 Å². The summed E-state index contributed by atoms with van der Waals surface area (Å²) in [6.45, 7) is 0. The van der Waals surface area contributed by atoms with Gasteiger partial charge in [-0.3, -0.25) is 4.79 Å². The van der Waals surface area contributed by atoms with Crippen LogP contribution in [0.25, 0.3) is 0 Å². The first kappa shape index (κ1) is 14.2. The van der Waals surface area contributed by atoms with Crippen LogP contribution >= 0.6 is 27.5 Å². The molecule has 1 nitrogen and oxygen atoms in total. The highest BCUT2D eigenvalue weighted by Gasteiger charge is 2.25. The summed E-state index contributed by atoms with van der Waals surface area (Å²) in [5.41, 5.74) is -0.122. The van der Waals surface area contributed by atoms with Gasteiger partial charge in [0.2, 0.25) is 0 Å². The molecule has 0 N–H and O–H groups in total. The van der Waals surface area contributed by atoms with E-state index in [1.54, 1.807) is 30.3 Å². The number of hydrogen-bond acceptors (Lipinski definition) is 1. The maximum atomic E-state index is 13.7. The van der Waals surface area contributed by atoms with E-state index in [1.165, 1.54) is 0 Å². The molecule has 0 aromatic heterocycles. The van der Waals surface area contributed by atoms with Crippen molar-refractivity contribution in [1.29, 1.82) is 0 Å². The van der Waals surface area contributed by atoms with E-state index in [-0.39, 0.29) is 4.47 Å². The van der Waals surface area contributed by atoms with Crippen molar-refractivity contribution in [2.24, 2.45) is 0 Å². The zero-order valence-electron chi connectivity index (χ0n) is 9.54. The van der Waals surface area contributed by atoms with Crippen LogP contribution in [0.2, 0.25) is 0 Å². The van der Waals surface area contributed by atoms with Crippen molar-refractivity contribution in [3.8, 4) is 0 Å². The van der Waals surface area contributed by atoms with E-state index in [2.05, 4.69) is 15.9 Å². The molecule has 0 spiro atoms. The number of ketones is 1. The SMILES string of the molecule is O=C(c1c(F)cc(Br)cc1F)C(Cl)c1ccccc1. The fourth-order valence-corrected chi connectivity index (χ4v) is 2.33. The number of benzene rings is 2. The van der Waals surface area contributed by atoms with Crippen LogP contribution in [-0.2, 0) is 0 Å². The lowest BCUT2D eigenvalue weighted by molar-refractivity contribution is 0.0979. The van der Waals surface area contributed by atoms with E-state index in [4.69, 9.17) is 11.6 Å². The zero-order chi connectivity index (χ0) is 14.0. The number of halogens is 4. The summed E-state index contributed by atoms with van der Waals surface area (Å²) >= 11 is 8.93. The molecule has 0 aliphatic rings. The fourth-order valence-electron chi connectivity index (χ4n) is 1.68. The third kappa shape index (κ3) is 3.01. The number of rotatable bonds is 3. The quantitative estimate of drug-likeness (QED) is 0.572. The second-order valence-electron chi connectivity index (χ2n) is 3.88. The molecular weight excluding hydrogens is 338 g/mol. The van der Waals surface area contributed by atoms with E-state index in [0.29, 0.717) is 5.56 Å². The van der Waals surface area contributed by atoms with Crippen LogP contribution in [0.15, 0.2) is 46.9 Å². The highest BCUT2D eigenvalue weighted by atomic mass is 79.9. The van der Waals surface area contributed by atoms with Gasteiger partial charge in [-0.25, -0.2) is 8.78 Å². The molecule has 2 rings (SSSR count). The van der Waals surface area contributed by atoms with E-state index in [1.807, 2.05) is 0 Å². The van der Waals surface area contributed by atoms with E-state index in [0.717, 1.165) is 12.1 Å². The van der Waals surface area contributed by atoms with Gasteiger partial charge in [0.1, 0.15) is 17.0 Å². The summed E-state index contributed by atoms with van der Waals surface area (Å²) in [6, 6.07) is 10.5. The van der Waals surface area contributed by atoms with Crippen molar-refractivity contribution < 1.29 is 13.6 Å². The predicted molar refractivity (Wildman–Crippen MR) is 73.4 cm³/mol. The van der Waals surface area contributed by atoms with Crippen molar-refractivity contribution in [2.45, 2.75) is 5.38 Å². The molecule has 0 aliphatic heterocycles. The molecule has 0 heterocycles. The first-order valence-electron chi connectivity index (χ1n) is 5.38. The van der Waals surface area contributed by atoms with Crippen LogP contribution in [0, 0.1) is 11.6 Å². The van der Waals surface area contributed by atoms with E-state index < -0.39 is 28.4 Å². The molecule has 1 atom stereocenters. The molecule has 0 fully saturated rings. The van der Waals surface area contributed by atoms with Crippen LogP contribution in [-0.4, -0.2) is 5.78 Å². The first-order valence-corrected chi connectivity index (χ1v) is 6.61. The van der Waals surface area contributed by atoms with Crippen molar-refractivity contribution in [2.75, 3.05) is 0 Å². The Labute approximate surface area is 122 Å². The predicted octanol–water partition coefficient (Wildman–Crippen LogP) is 4.89. The van der Waals surface area contributed by atoms with Crippen LogP contribution in [0.1, 0.15) is 21.3 Å². The topological polar surface area (TPSA) is 17.1 Å². The summed E-state index contributed by atoms with van der Waals surface area (Å²) in [5.74, 6) is -2.66. The Balaban J connectivity index is 2.40. The average molecular weight is 346 g/mol. The highest BCUT2D eigenvalue weighted by molar-refractivity contribution is 9.10. The Morgan fingerprint density at radius 2 is 1.63 bits per heavy atom. The second-order valence-corrected chi connectivity index (χ2v) is 5.23. The van der Waals surface area contributed by atoms with Crippen molar-refractivity contribution in [1.82, 2.24) is 0 Å². The maximum absolute atomic E-state index is 13.7. The summed E-state index contributed by atoms with van der Waals surface area (Å²) in [4.78, 5) is 12.1. The highest BCUT2D eigenvalue weighted by Crippen LogP contribution is 2.28. The third-order valence-corrected chi connectivity index (χ3v) is 3.48. The molecule has 5 heteroatoms. The van der Waals surface area contributed by atoms with Crippen LogP contribution < -0.4 is 0 Å². The summed E-state index contributed by atoms with van der Waals surface area (Å²) in [7, 11) is 0. The lowest BCUT2D eigenvalue weighted by Gasteiger charge is -2.10. The number of carbonyl (C=O) groups excluding carboxylic acids is 1. The van der Waals surface area contributed by atoms with Crippen molar-refractivity contribution in [3.63, 3.8) is 0 Å². The van der Waals surface area contributed by atoms with Gasteiger partial charge >= 0.3 is 0 Å². The minimum absolute atomic E-state index is 0.227. The Morgan fingerprint density at radius 1 is 1.11 bits per heavy atom. The standard InChI is InChI=1S/C14H8BrClF2O/c15-9-6-10(17)12(11(18)7-9)14(19)13(16)8-4-2-1-3-5-8/h1-7,13H. The Morgan fingerprint density at radius 3 is 2.16 bits per heavy atom. The molecule has 0 bridgehead atoms. The van der Waals surface area contributed by atoms with Gasteiger partial charge in [-0.1, -0.05) is 46.3 Å². The Kier molecular flexibility index (Phi) is 4.32. The summed E-state index contributed by atoms with van der Waals surface area (Å²) in [6.07, 6.45) is 0. The van der Waals surface area contributed by atoms with Gasteiger partial charge in [0.25, 0.3) is 0 Å². The Hall–Kier alpha value is -1.26. The third-order valence-electron chi connectivity index (χ3n) is 2.58. The lowest BCUT2D eigenvalue weighted by atomic mass is 10.0. The normalized spacial score (nSPS) is 12.2. The zero-order valence-corrected chi connectivity index (χ0v) is 11.9. The first-order chi connectivity index (χ1) is 9.00. The van der Waals surface area contributed by atoms with Gasteiger partial charge in [-0.15, -0.1) is 11.6 Å². The second kappa shape index (κ2) is 5.80. The molecule has 98 valence electrons. The molecule has 2 aromatic carbocycles. The molecule has 1 unspecified atom stereocenters. The Bertz CT molecular complexity index is 593. The number of hydrogen-bond donors (Lipinski definition) is 0. The van der Waals surface area contributed by atoms with Crippen LogP contribution in [0.3, 0.4) is 0 Å². The molecule has 0 saturated heterocycles. The van der Waals surface area contributed by atoms with E-state index >= 15 is 0 Å². The molecule has 0 amide bonds. The number of alkyl halides is 1. The average Bonchev–Trinajstić information content (AvgIpc) is 2.37. The van der Waals surface area contributed by atoms with Gasteiger partial charge < -0.3 is 0 Å². The molecular formula is C14H8BrClF2O. The fraction of sp³-hybridized carbons (Fsp3) is 0.0714. The molecule has 0 aliphatic carbocycles. The minimum Gasteiger partial charge on any atom is -0.292 e. The van der Waals surface area contributed by atoms with Gasteiger partial charge in [-0.2, -0.15) is 0 Å². The number of Topliss-reactive ketones (excluding diaryl/α,β-unsaturated/α-hetero) is 1.